The topological polar surface area (TPSA) is 127 Å². The number of aromatic amines is 1. The summed E-state index contributed by atoms with van der Waals surface area (Å²) in [6, 6.07) is 2.02. The minimum Gasteiger partial charge on any atom is -0.465 e. The maximum atomic E-state index is 11.8. The highest BCUT2D eigenvalue weighted by Crippen LogP contribution is 2.47. The molecule has 2 aliphatic rings. The van der Waals surface area contributed by atoms with Crippen LogP contribution in [-0.4, -0.2) is 53.0 Å². The van der Waals surface area contributed by atoms with Crippen molar-refractivity contribution in [1.82, 2.24) is 25.1 Å². The number of carboxylic acid groups (broad SMARTS) is 1. The zero-order chi connectivity index (χ0) is 19.9. The maximum Gasteiger partial charge on any atom is 0.408 e. The number of nitrogens with zero attached hydrogens (tertiary/aromatic N) is 4. The Morgan fingerprint density at radius 1 is 1.43 bits per heavy atom. The summed E-state index contributed by atoms with van der Waals surface area (Å²) in [5.74, 6) is 1.51. The van der Waals surface area contributed by atoms with Gasteiger partial charge in [-0.05, 0) is 46.0 Å². The number of carbonyl (C=O) groups is 1. The van der Waals surface area contributed by atoms with Gasteiger partial charge in [0.2, 0.25) is 0 Å². The van der Waals surface area contributed by atoms with E-state index < -0.39 is 6.09 Å². The molecule has 1 amide bonds. The van der Waals surface area contributed by atoms with E-state index in [2.05, 4.69) is 25.5 Å². The number of aromatic nitrogens is 4. The van der Waals surface area contributed by atoms with Gasteiger partial charge >= 0.3 is 6.09 Å². The lowest BCUT2D eigenvalue weighted by Gasteiger charge is -2.32. The normalized spacial score (nSPS) is 22.8. The van der Waals surface area contributed by atoms with E-state index in [9.17, 15) is 9.90 Å². The number of H-pyrrole nitrogens is 1. The van der Waals surface area contributed by atoms with Crippen molar-refractivity contribution in [2.75, 3.05) is 5.32 Å². The highest BCUT2D eigenvalue weighted by atomic mass is 16.4. The van der Waals surface area contributed by atoms with Gasteiger partial charge in [-0.1, -0.05) is 0 Å². The number of nitrogens with one attached hydrogen (secondary N) is 2. The number of aliphatic hydroxyl groups is 1. The van der Waals surface area contributed by atoms with Gasteiger partial charge in [0.25, 0.3) is 0 Å². The minimum absolute atomic E-state index is 0.0637. The Labute approximate surface area is 163 Å². The van der Waals surface area contributed by atoms with Gasteiger partial charge in [0.15, 0.2) is 11.6 Å². The zero-order valence-electron chi connectivity index (χ0n) is 16.1. The largest absolute Gasteiger partial charge is 0.465 e. The molecule has 0 aromatic carbocycles. The molecule has 28 heavy (non-hydrogen) atoms. The summed E-state index contributed by atoms with van der Waals surface area (Å²) in [6.07, 6.45) is 5.26. The van der Waals surface area contributed by atoms with E-state index in [-0.39, 0.29) is 24.1 Å². The van der Waals surface area contributed by atoms with E-state index in [1.165, 1.54) is 6.20 Å². The van der Waals surface area contributed by atoms with Gasteiger partial charge < -0.3 is 15.5 Å². The third-order valence-corrected chi connectivity index (χ3v) is 5.97. The molecule has 2 aromatic rings. The van der Waals surface area contributed by atoms with Crippen molar-refractivity contribution in [2.24, 2.45) is 0 Å². The first-order valence-electron chi connectivity index (χ1n) is 9.67. The molecule has 2 heterocycles. The molecular formula is C19H26N6O3. The molecule has 0 radical (unpaired) electrons. The molecule has 4 rings (SSSR count). The Kier molecular flexibility index (Phi) is 4.70. The van der Waals surface area contributed by atoms with Gasteiger partial charge in [0.05, 0.1) is 24.2 Å². The van der Waals surface area contributed by atoms with Crippen molar-refractivity contribution >= 4 is 17.7 Å². The van der Waals surface area contributed by atoms with Crippen LogP contribution in [0.4, 0.5) is 16.4 Å². The fourth-order valence-corrected chi connectivity index (χ4v) is 4.18. The second-order valence-corrected chi connectivity index (χ2v) is 8.10. The van der Waals surface area contributed by atoms with Crippen molar-refractivity contribution in [3.63, 3.8) is 0 Å². The standard InChI is InChI=1S/C19H26N6O3/c1-11-17(20-9-13(10-26)21-11)22-16-8-15(23-24-16)12-3-4-14(7-12)25(18(27)28)19(2)5-6-19/h8-9,12,14,26H,3-7,10H2,1-2H3,(H,27,28)(H2,20,22,23,24)/t12-,14+/m0/s1. The number of hydrogen-bond donors (Lipinski definition) is 4. The van der Waals surface area contributed by atoms with Crippen molar-refractivity contribution in [3.05, 3.63) is 29.3 Å². The highest BCUT2D eigenvalue weighted by Gasteiger charge is 2.50. The average molecular weight is 386 g/mol. The summed E-state index contributed by atoms with van der Waals surface area (Å²) in [7, 11) is 0. The molecule has 2 saturated carbocycles. The van der Waals surface area contributed by atoms with Gasteiger partial charge in [-0.15, -0.1) is 0 Å². The number of hydrogen-bond acceptors (Lipinski definition) is 6. The smallest absolute Gasteiger partial charge is 0.408 e. The van der Waals surface area contributed by atoms with Gasteiger partial charge in [0, 0.05) is 29.3 Å². The number of aliphatic hydroxyl groups excluding tert-OH is 1. The second kappa shape index (κ2) is 7.05. The molecule has 4 N–H and O–H groups in total. The summed E-state index contributed by atoms with van der Waals surface area (Å²) in [5.41, 5.74) is 2.04. The number of anilines is 2. The number of rotatable bonds is 6. The summed E-state index contributed by atoms with van der Waals surface area (Å²) in [6.45, 7) is 3.72. The van der Waals surface area contributed by atoms with Crippen LogP contribution in [0.5, 0.6) is 0 Å². The Balaban J connectivity index is 1.43. The van der Waals surface area contributed by atoms with Gasteiger partial charge in [-0.3, -0.25) is 15.0 Å². The fraction of sp³-hybridized carbons (Fsp3) is 0.579. The predicted octanol–water partition coefficient (Wildman–Crippen LogP) is 2.91. The monoisotopic (exact) mass is 386 g/mol. The lowest BCUT2D eigenvalue weighted by Crippen LogP contribution is -2.45. The Morgan fingerprint density at radius 2 is 2.21 bits per heavy atom. The number of amides is 1. The molecule has 150 valence electrons. The summed E-state index contributed by atoms with van der Waals surface area (Å²) in [4.78, 5) is 22.0. The summed E-state index contributed by atoms with van der Waals surface area (Å²) in [5, 5.41) is 29.4. The second-order valence-electron chi connectivity index (χ2n) is 8.10. The lowest BCUT2D eigenvalue weighted by molar-refractivity contribution is 0.0955. The lowest BCUT2D eigenvalue weighted by atomic mass is 10.0. The first-order chi connectivity index (χ1) is 13.4. The van der Waals surface area contributed by atoms with Crippen molar-refractivity contribution in [1.29, 1.82) is 0 Å². The van der Waals surface area contributed by atoms with Crippen molar-refractivity contribution in [3.8, 4) is 0 Å². The Bertz CT molecular complexity index is 878. The van der Waals surface area contributed by atoms with Gasteiger partial charge in [0.1, 0.15) is 0 Å². The van der Waals surface area contributed by atoms with E-state index in [1.807, 2.05) is 19.9 Å². The molecule has 2 aromatic heterocycles. The number of aryl methyl sites for hydroxylation is 1. The van der Waals surface area contributed by atoms with Crippen LogP contribution in [0.3, 0.4) is 0 Å². The third kappa shape index (κ3) is 3.54. The van der Waals surface area contributed by atoms with Crippen LogP contribution in [0.15, 0.2) is 12.3 Å². The van der Waals surface area contributed by atoms with Crippen LogP contribution in [0.25, 0.3) is 0 Å². The predicted molar refractivity (Wildman–Crippen MR) is 102 cm³/mol. The van der Waals surface area contributed by atoms with Crippen LogP contribution >= 0.6 is 0 Å². The zero-order valence-corrected chi connectivity index (χ0v) is 16.1. The SMILES string of the molecule is Cc1nc(CO)cnc1Nc1cc([C@H]2CC[C@@H](N(C(=O)O)C3(C)CC3)C2)[nH]n1. The quantitative estimate of drug-likeness (QED) is 0.601. The Hall–Kier alpha value is -2.68. The molecule has 2 aliphatic carbocycles. The van der Waals surface area contributed by atoms with Crippen molar-refractivity contribution in [2.45, 2.75) is 70.1 Å². The molecule has 2 fully saturated rings. The fourth-order valence-electron chi connectivity index (χ4n) is 4.18. The van der Waals surface area contributed by atoms with E-state index in [0.29, 0.717) is 23.0 Å². The molecule has 0 unspecified atom stereocenters. The van der Waals surface area contributed by atoms with E-state index >= 15 is 0 Å². The van der Waals surface area contributed by atoms with E-state index in [4.69, 9.17) is 5.11 Å². The first kappa shape index (κ1) is 18.7. The van der Waals surface area contributed by atoms with Crippen LogP contribution < -0.4 is 5.32 Å². The molecule has 0 bridgehead atoms. The Morgan fingerprint density at radius 3 is 2.86 bits per heavy atom. The highest BCUT2D eigenvalue weighted by molar-refractivity contribution is 5.67. The molecule has 0 aliphatic heterocycles. The molecule has 2 atom stereocenters. The molecule has 9 nitrogen and oxygen atoms in total. The van der Waals surface area contributed by atoms with Crippen LogP contribution in [0.2, 0.25) is 0 Å². The molecule has 9 heteroatoms. The first-order valence-corrected chi connectivity index (χ1v) is 9.67. The van der Waals surface area contributed by atoms with Crippen molar-refractivity contribution < 1.29 is 15.0 Å². The van der Waals surface area contributed by atoms with Gasteiger partial charge in [-0.2, -0.15) is 5.10 Å². The summed E-state index contributed by atoms with van der Waals surface area (Å²) >= 11 is 0. The van der Waals surface area contributed by atoms with Gasteiger partial charge in [-0.25, -0.2) is 9.78 Å². The average Bonchev–Trinajstić information content (AvgIpc) is 3.06. The van der Waals surface area contributed by atoms with E-state index in [1.54, 1.807) is 4.90 Å². The van der Waals surface area contributed by atoms with Crippen LogP contribution in [0, 0.1) is 6.92 Å². The summed E-state index contributed by atoms with van der Waals surface area (Å²) < 4.78 is 0. The molecule has 0 saturated heterocycles. The third-order valence-electron chi connectivity index (χ3n) is 5.97. The van der Waals surface area contributed by atoms with Crippen LogP contribution in [-0.2, 0) is 6.61 Å². The minimum atomic E-state index is -0.807. The molecule has 0 spiro atoms. The van der Waals surface area contributed by atoms with Crippen LogP contribution in [0.1, 0.15) is 62.0 Å². The maximum absolute atomic E-state index is 11.8. The van der Waals surface area contributed by atoms with E-state index in [0.717, 1.165) is 37.8 Å². The molecular weight excluding hydrogens is 360 g/mol.